The van der Waals surface area contributed by atoms with Crippen molar-refractivity contribution in [3.8, 4) is 6.07 Å². The maximum Gasteiger partial charge on any atom is 0.153 e. The van der Waals surface area contributed by atoms with Crippen molar-refractivity contribution in [3.63, 3.8) is 0 Å². The van der Waals surface area contributed by atoms with Crippen molar-refractivity contribution >= 4 is 28.4 Å². The van der Waals surface area contributed by atoms with Crippen molar-refractivity contribution < 1.29 is 4.74 Å². The highest BCUT2D eigenvalue weighted by Gasteiger charge is 2.33. The Morgan fingerprint density at radius 1 is 1.21 bits per heavy atom. The minimum atomic E-state index is 0.304. The predicted molar refractivity (Wildman–Crippen MR) is 134 cm³/mol. The summed E-state index contributed by atoms with van der Waals surface area (Å²) in [6, 6.07) is 11.4. The Morgan fingerprint density at radius 3 is 2.71 bits per heavy atom. The molecule has 3 N–H and O–H groups in total. The van der Waals surface area contributed by atoms with Gasteiger partial charge in [0.25, 0.3) is 0 Å². The Balaban J connectivity index is 1.57. The van der Waals surface area contributed by atoms with Crippen molar-refractivity contribution in [1.82, 2.24) is 25.1 Å². The number of aromatic nitrogens is 4. The van der Waals surface area contributed by atoms with E-state index in [1.54, 1.807) is 13.3 Å². The molecule has 0 saturated carbocycles. The standard InChI is InChI=1S/C25H34N8O/c1-4-19-12-17(13-20(5-2)33(19)11-7-9-26)28-25-21-8-6-10-27-22(21)15-23(30-25)29-24-14-18(16-34-3)31-32-24/h6,8,10,14-15,17,19-20H,4-5,7,11-13,16H2,1-3H3,(H3,28,29,30,31,32). The molecule has 9 heteroatoms. The fraction of sp³-hybridized carbons (Fsp3) is 0.520. The van der Waals surface area contributed by atoms with Gasteiger partial charge in [0, 0.05) is 61.9 Å². The van der Waals surface area contributed by atoms with Gasteiger partial charge < -0.3 is 15.4 Å². The number of likely N-dealkylation sites (tertiary alicyclic amines) is 1. The Kier molecular flexibility index (Phi) is 7.93. The van der Waals surface area contributed by atoms with Crippen molar-refractivity contribution in [2.75, 3.05) is 24.3 Å². The van der Waals surface area contributed by atoms with Gasteiger partial charge in [-0.15, -0.1) is 0 Å². The van der Waals surface area contributed by atoms with Crippen LogP contribution in [0.15, 0.2) is 30.5 Å². The zero-order chi connectivity index (χ0) is 23.9. The van der Waals surface area contributed by atoms with E-state index in [4.69, 9.17) is 15.0 Å². The number of piperidine rings is 1. The number of methoxy groups -OCH3 is 1. The molecule has 4 rings (SSSR count). The summed E-state index contributed by atoms with van der Waals surface area (Å²) >= 11 is 0. The van der Waals surface area contributed by atoms with Crippen LogP contribution >= 0.6 is 0 Å². The number of fused-ring (bicyclic) bond motifs is 1. The first-order valence-electron chi connectivity index (χ1n) is 12.1. The lowest BCUT2D eigenvalue weighted by molar-refractivity contribution is 0.0735. The van der Waals surface area contributed by atoms with Gasteiger partial charge in [-0.3, -0.25) is 15.0 Å². The molecular formula is C25H34N8O. The Morgan fingerprint density at radius 2 is 2.00 bits per heavy atom. The molecular weight excluding hydrogens is 428 g/mol. The molecule has 34 heavy (non-hydrogen) atoms. The Bertz CT molecular complexity index is 1110. The number of hydrogen-bond donors (Lipinski definition) is 3. The molecule has 0 radical (unpaired) electrons. The molecule has 1 fully saturated rings. The van der Waals surface area contributed by atoms with Crippen LogP contribution < -0.4 is 10.6 Å². The lowest BCUT2D eigenvalue weighted by Crippen LogP contribution is -2.52. The van der Waals surface area contributed by atoms with E-state index in [0.29, 0.717) is 42.8 Å². The number of H-pyrrole nitrogens is 1. The van der Waals surface area contributed by atoms with Gasteiger partial charge in [-0.2, -0.15) is 10.4 Å². The number of pyridine rings is 2. The molecule has 0 bridgehead atoms. The topological polar surface area (TPSA) is 115 Å². The Labute approximate surface area is 200 Å². The number of anilines is 3. The van der Waals surface area contributed by atoms with Crippen LogP contribution in [0.2, 0.25) is 0 Å². The lowest BCUT2D eigenvalue weighted by Gasteiger charge is -2.45. The number of hydrogen-bond acceptors (Lipinski definition) is 8. The Hall–Kier alpha value is -3.22. The zero-order valence-corrected chi connectivity index (χ0v) is 20.2. The van der Waals surface area contributed by atoms with E-state index in [9.17, 15) is 0 Å². The smallest absolute Gasteiger partial charge is 0.153 e. The summed E-state index contributed by atoms with van der Waals surface area (Å²) in [6.45, 7) is 5.80. The lowest BCUT2D eigenvalue weighted by atomic mass is 9.88. The summed E-state index contributed by atoms with van der Waals surface area (Å²) in [4.78, 5) is 12.0. The van der Waals surface area contributed by atoms with Gasteiger partial charge >= 0.3 is 0 Å². The summed E-state index contributed by atoms with van der Waals surface area (Å²) in [6.07, 6.45) is 6.57. The largest absolute Gasteiger partial charge is 0.378 e. The molecule has 9 nitrogen and oxygen atoms in total. The monoisotopic (exact) mass is 462 g/mol. The van der Waals surface area contributed by atoms with E-state index in [-0.39, 0.29) is 0 Å². The third kappa shape index (κ3) is 5.46. The van der Waals surface area contributed by atoms with E-state index in [1.807, 2.05) is 18.2 Å². The van der Waals surface area contributed by atoms with Gasteiger partial charge in [-0.1, -0.05) is 13.8 Å². The van der Waals surface area contributed by atoms with Gasteiger partial charge in [-0.25, -0.2) is 4.98 Å². The molecule has 2 atom stereocenters. The molecule has 3 aromatic heterocycles. The molecule has 1 aliphatic rings. The molecule has 4 heterocycles. The van der Waals surface area contributed by atoms with E-state index >= 15 is 0 Å². The number of nitrogens with zero attached hydrogens (tertiary/aromatic N) is 5. The van der Waals surface area contributed by atoms with Gasteiger partial charge in [0.2, 0.25) is 0 Å². The van der Waals surface area contributed by atoms with Crippen molar-refractivity contribution in [2.45, 2.75) is 70.7 Å². The van der Waals surface area contributed by atoms with E-state index in [0.717, 1.165) is 54.6 Å². The fourth-order valence-electron chi connectivity index (χ4n) is 5.02. The highest BCUT2D eigenvalue weighted by molar-refractivity contribution is 5.91. The second kappa shape index (κ2) is 11.3. The highest BCUT2D eigenvalue weighted by atomic mass is 16.5. The number of ether oxygens (including phenoxy) is 1. The van der Waals surface area contributed by atoms with E-state index in [2.05, 4.69) is 56.7 Å². The number of aromatic amines is 1. The van der Waals surface area contributed by atoms with Gasteiger partial charge in [0.05, 0.1) is 23.9 Å². The zero-order valence-electron chi connectivity index (χ0n) is 20.2. The van der Waals surface area contributed by atoms with E-state index < -0.39 is 0 Å². The third-order valence-electron chi connectivity index (χ3n) is 6.60. The van der Waals surface area contributed by atoms with Gasteiger partial charge in [-0.05, 0) is 37.8 Å². The molecule has 0 amide bonds. The van der Waals surface area contributed by atoms with Crippen molar-refractivity contribution in [3.05, 3.63) is 36.2 Å². The quantitative estimate of drug-likeness (QED) is 0.401. The minimum Gasteiger partial charge on any atom is -0.378 e. The summed E-state index contributed by atoms with van der Waals surface area (Å²) in [5.74, 6) is 2.21. The van der Waals surface area contributed by atoms with Crippen LogP contribution in [0.3, 0.4) is 0 Å². The number of nitriles is 1. The second-order valence-corrected chi connectivity index (χ2v) is 8.85. The van der Waals surface area contributed by atoms with Crippen LogP contribution in [-0.2, 0) is 11.3 Å². The van der Waals surface area contributed by atoms with E-state index in [1.165, 1.54) is 0 Å². The van der Waals surface area contributed by atoms with Crippen LogP contribution in [0.25, 0.3) is 10.9 Å². The fourth-order valence-corrected chi connectivity index (χ4v) is 5.02. The average Bonchev–Trinajstić information content (AvgIpc) is 3.29. The first kappa shape index (κ1) is 23.9. The van der Waals surface area contributed by atoms with Crippen LogP contribution in [0.4, 0.5) is 17.5 Å². The maximum atomic E-state index is 9.10. The summed E-state index contributed by atoms with van der Waals surface area (Å²) in [7, 11) is 1.66. The maximum absolute atomic E-state index is 9.10. The number of nitrogens with one attached hydrogen (secondary N) is 3. The van der Waals surface area contributed by atoms with Crippen LogP contribution in [0.5, 0.6) is 0 Å². The molecule has 0 aromatic carbocycles. The van der Waals surface area contributed by atoms with Crippen molar-refractivity contribution in [2.24, 2.45) is 0 Å². The van der Waals surface area contributed by atoms with Gasteiger partial charge in [0.1, 0.15) is 11.6 Å². The normalized spacial score (nSPS) is 20.8. The summed E-state index contributed by atoms with van der Waals surface area (Å²) in [5, 5.41) is 24.4. The summed E-state index contributed by atoms with van der Waals surface area (Å²) in [5.41, 5.74) is 1.77. The van der Waals surface area contributed by atoms with Crippen LogP contribution in [0.1, 0.15) is 51.6 Å². The SMILES string of the molecule is CCC1CC(Nc2nc(Nc3cc(COC)[nH]n3)cc3ncccc23)CC(CC)N1CCC#N. The van der Waals surface area contributed by atoms with Crippen LogP contribution in [-0.4, -0.2) is 56.8 Å². The molecule has 1 aliphatic heterocycles. The second-order valence-electron chi connectivity index (χ2n) is 8.85. The van der Waals surface area contributed by atoms with Crippen LogP contribution in [0, 0.1) is 11.3 Å². The minimum absolute atomic E-state index is 0.304. The average molecular weight is 463 g/mol. The predicted octanol–water partition coefficient (Wildman–Crippen LogP) is 4.59. The molecule has 3 aromatic rings. The molecule has 0 aliphatic carbocycles. The first-order chi connectivity index (χ1) is 16.6. The van der Waals surface area contributed by atoms with Crippen molar-refractivity contribution in [1.29, 1.82) is 5.26 Å². The highest BCUT2D eigenvalue weighted by Crippen LogP contribution is 2.32. The molecule has 2 unspecified atom stereocenters. The first-order valence-corrected chi connectivity index (χ1v) is 12.1. The number of rotatable bonds is 10. The van der Waals surface area contributed by atoms with Gasteiger partial charge in [0.15, 0.2) is 5.82 Å². The molecule has 1 saturated heterocycles. The molecule has 0 spiro atoms. The third-order valence-corrected chi connectivity index (χ3v) is 6.60. The molecule has 180 valence electrons. The summed E-state index contributed by atoms with van der Waals surface area (Å²) < 4.78 is 5.16.